The molecule has 0 heterocycles. The van der Waals surface area contributed by atoms with Crippen LogP contribution in [-0.4, -0.2) is 13.1 Å². The second-order valence-electron chi connectivity index (χ2n) is 5.75. The first-order chi connectivity index (χ1) is 7.90. The Morgan fingerprint density at radius 2 is 1.59 bits per heavy atom. The van der Waals surface area contributed by atoms with Gasteiger partial charge in [0.15, 0.2) is 0 Å². The van der Waals surface area contributed by atoms with Crippen molar-refractivity contribution in [3.63, 3.8) is 0 Å². The van der Waals surface area contributed by atoms with E-state index in [0.717, 1.165) is 18.8 Å². The molecule has 96 valence electrons. The highest BCUT2D eigenvalue weighted by molar-refractivity contribution is 5.68. The second kappa shape index (κ2) is 5.95. The Kier molecular flexibility index (Phi) is 4.86. The molecule has 0 amide bonds. The topological polar surface area (TPSA) is 29.3 Å². The van der Waals surface area contributed by atoms with E-state index >= 15 is 0 Å². The monoisotopic (exact) mass is 234 g/mol. The molecule has 0 saturated heterocycles. The Morgan fingerprint density at radius 1 is 1.06 bits per heavy atom. The molecule has 17 heavy (non-hydrogen) atoms. The van der Waals surface area contributed by atoms with Crippen LogP contribution in [0.25, 0.3) is 0 Å². The molecule has 0 radical (unpaired) electrons. The molecule has 2 nitrogen and oxygen atoms in total. The molecule has 0 bridgehead atoms. The van der Waals surface area contributed by atoms with E-state index in [2.05, 4.69) is 57.7 Å². The third-order valence-corrected chi connectivity index (χ3v) is 2.69. The van der Waals surface area contributed by atoms with Crippen molar-refractivity contribution in [3.05, 3.63) is 23.8 Å². The Balaban J connectivity index is 2.95. The van der Waals surface area contributed by atoms with Crippen LogP contribution in [0.2, 0.25) is 0 Å². The van der Waals surface area contributed by atoms with E-state index in [1.165, 1.54) is 11.3 Å². The maximum absolute atomic E-state index is 6.13. The maximum Gasteiger partial charge on any atom is 0.0600 e. The molecular weight excluding hydrogens is 208 g/mol. The standard InChI is InChI=1S/C15H26N2/c1-11(2)9-17(10-12(3)4)15-7-6-13(5)8-14(15)16/h6-8,11-12H,9-10,16H2,1-5H3. The predicted molar refractivity (Wildman–Crippen MR) is 77.5 cm³/mol. The van der Waals surface area contributed by atoms with Crippen LogP contribution in [0.5, 0.6) is 0 Å². The van der Waals surface area contributed by atoms with Gasteiger partial charge in [0.2, 0.25) is 0 Å². The van der Waals surface area contributed by atoms with Crippen molar-refractivity contribution in [1.82, 2.24) is 0 Å². The summed E-state index contributed by atoms with van der Waals surface area (Å²) < 4.78 is 0. The number of hydrogen-bond acceptors (Lipinski definition) is 2. The summed E-state index contributed by atoms with van der Waals surface area (Å²) in [5.74, 6) is 1.30. The summed E-state index contributed by atoms with van der Waals surface area (Å²) in [5, 5.41) is 0. The molecule has 0 fully saturated rings. The lowest BCUT2D eigenvalue weighted by Gasteiger charge is -2.29. The first-order valence-electron chi connectivity index (χ1n) is 6.51. The van der Waals surface area contributed by atoms with Gasteiger partial charge in [0, 0.05) is 13.1 Å². The van der Waals surface area contributed by atoms with E-state index in [0.29, 0.717) is 11.8 Å². The number of hydrogen-bond donors (Lipinski definition) is 1. The smallest absolute Gasteiger partial charge is 0.0600 e. The fourth-order valence-electron chi connectivity index (χ4n) is 2.11. The molecule has 0 aromatic heterocycles. The van der Waals surface area contributed by atoms with E-state index in [4.69, 9.17) is 5.73 Å². The summed E-state index contributed by atoms with van der Waals surface area (Å²) in [7, 11) is 0. The lowest BCUT2D eigenvalue weighted by molar-refractivity contribution is 0.553. The van der Waals surface area contributed by atoms with Gasteiger partial charge in [-0.1, -0.05) is 33.8 Å². The molecule has 0 aliphatic carbocycles. The highest BCUT2D eigenvalue weighted by atomic mass is 15.1. The molecule has 1 rings (SSSR count). The van der Waals surface area contributed by atoms with Gasteiger partial charge in [-0.3, -0.25) is 0 Å². The summed E-state index contributed by atoms with van der Waals surface area (Å²) in [6.07, 6.45) is 0. The minimum absolute atomic E-state index is 0.648. The van der Waals surface area contributed by atoms with Gasteiger partial charge in [-0.25, -0.2) is 0 Å². The number of anilines is 2. The first kappa shape index (κ1) is 13.9. The van der Waals surface area contributed by atoms with Crippen LogP contribution in [0.15, 0.2) is 18.2 Å². The van der Waals surface area contributed by atoms with Gasteiger partial charge in [-0.05, 0) is 36.5 Å². The molecular formula is C15H26N2. The normalized spacial score (nSPS) is 11.2. The highest BCUT2D eigenvalue weighted by Gasteiger charge is 2.12. The third kappa shape index (κ3) is 4.29. The largest absolute Gasteiger partial charge is 0.397 e. The zero-order valence-electron chi connectivity index (χ0n) is 11.8. The van der Waals surface area contributed by atoms with Crippen LogP contribution >= 0.6 is 0 Å². The Labute approximate surface area is 106 Å². The molecule has 0 aliphatic heterocycles. The van der Waals surface area contributed by atoms with Gasteiger partial charge in [-0.15, -0.1) is 0 Å². The minimum Gasteiger partial charge on any atom is -0.397 e. The van der Waals surface area contributed by atoms with Gasteiger partial charge in [0.25, 0.3) is 0 Å². The quantitative estimate of drug-likeness (QED) is 0.787. The Bertz CT molecular complexity index is 346. The van der Waals surface area contributed by atoms with Gasteiger partial charge >= 0.3 is 0 Å². The van der Waals surface area contributed by atoms with Gasteiger partial charge in [0.05, 0.1) is 11.4 Å². The van der Waals surface area contributed by atoms with E-state index in [-0.39, 0.29) is 0 Å². The van der Waals surface area contributed by atoms with Crippen molar-refractivity contribution in [3.8, 4) is 0 Å². The van der Waals surface area contributed by atoms with Gasteiger partial charge < -0.3 is 10.6 Å². The number of nitrogens with two attached hydrogens (primary N) is 1. The summed E-state index contributed by atoms with van der Waals surface area (Å²) in [6, 6.07) is 6.34. The van der Waals surface area contributed by atoms with E-state index < -0.39 is 0 Å². The lowest BCUT2D eigenvalue weighted by Crippen LogP contribution is -2.31. The molecule has 0 spiro atoms. The molecule has 0 aliphatic rings. The van der Waals surface area contributed by atoms with Crippen molar-refractivity contribution >= 4 is 11.4 Å². The van der Waals surface area contributed by atoms with Crippen LogP contribution in [0.3, 0.4) is 0 Å². The number of nitrogens with zero attached hydrogens (tertiary/aromatic N) is 1. The molecule has 0 saturated carbocycles. The summed E-state index contributed by atoms with van der Waals surface area (Å²) in [4.78, 5) is 2.41. The second-order valence-corrected chi connectivity index (χ2v) is 5.75. The molecule has 1 aromatic carbocycles. The maximum atomic E-state index is 6.13. The lowest BCUT2D eigenvalue weighted by atomic mass is 10.1. The highest BCUT2D eigenvalue weighted by Crippen LogP contribution is 2.25. The Hall–Kier alpha value is -1.18. The van der Waals surface area contributed by atoms with Crippen LogP contribution in [0, 0.1) is 18.8 Å². The van der Waals surface area contributed by atoms with Crippen molar-refractivity contribution in [2.45, 2.75) is 34.6 Å². The molecule has 2 N–H and O–H groups in total. The van der Waals surface area contributed by atoms with Crippen LogP contribution < -0.4 is 10.6 Å². The van der Waals surface area contributed by atoms with Crippen molar-refractivity contribution in [2.75, 3.05) is 23.7 Å². The van der Waals surface area contributed by atoms with Crippen molar-refractivity contribution in [2.24, 2.45) is 11.8 Å². The van der Waals surface area contributed by atoms with Gasteiger partial charge in [-0.2, -0.15) is 0 Å². The van der Waals surface area contributed by atoms with Crippen molar-refractivity contribution in [1.29, 1.82) is 0 Å². The molecule has 0 unspecified atom stereocenters. The summed E-state index contributed by atoms with van der Waals surface area (Å²) in [6.45, 7) is 13.2. The number of aryl methyl sites for hydroxylation is 1. The number of nitrogen functional groups attached to an aromatic ring is 1. The van der Waals surface area contributed by atoms with Crippen LogP contribution in [0.1, 0.15) is 33.3 Å². The van der Waals surface area contributed by atoms with E-state index in [9.17, 15) is 0 Å². The predicted octanol–water partition coefficient (Wildman–Crippen LogP) is 3.70. The van der Waals surface area contributed by atoms with E-state index in [1.807, 2.05) is 0 Å². The number of benzene rings is 1. The molecule has 2 heteroatoms. The van der Waals surface area contributed by atoms with Gasteiger partial charge in [0.1, 0.15) is 0 Å². The van der Waals surface area contributed by atoms with Crippen LogP contribution in [0.4, 0.5) is 11.4 Å². The number of rotatable bonds is 5. The van der Waals surface area contributed by atoms with E-state index in [1.54, 1.807) is 0 Å². The average molecular weight is 234 g/mol. The fraction of sp³-hybridized carbons (Fsp3) is 0.600. The minimum atomic E-state index is 0.648. The zero-order chi connectivity index (χ0) is 13.0. The summed E-state index contributed by atoms with van der Waals surface area (Å²) in [5.41, 5.74) is 9.43. The van der Waals surface area contributed by atoms with Crippen LogP contribution in [-0.2, 0) is 0 Å². The summed E-state index contributed by atoms with van der Waals surface area (Å²) >= 11 is 0. The molecule has 1 aromatic rings. The molecule has 0 atom stereocenters. The first-order valence-corrected chi connectivity index (χ1v) is 6.51. The van der Waals surface area contributed by atoms with Crippen molar-refractivity contribution < 1.29 is 0 Å². The SMILES string of the molecule is Cc1ccc(N(CC(C)C)CC(C)C)c(N)c1. The third-order valence-electron chi connectivity index (χ3n) is 2.69. The Morgan fingerprint density at radius 3 is 2.00 bits per heavy atom. The zero-order valence-corrected chi connectivity index (χ0v) is 11.8. The fourth-order valence-corrected chi connectivity index (χ4v) is 2.11. The average Bonchev–Trinajstić information content (AvgIpc) is 2.14.